The van der Waals surface area contributed by atoms with Crippen LogP contribution in [0.4, 0.5) is 8.78 Å². The molecule has 7 heteroatoms. The fraction of sp³-hybridized carbons (Fsp3) is 0.500. The Morgan fingerprint density at radius 2 is 1.95 bits per heavy atom. The summed E-state index contributed by atoms with van der Waals surface area (Å²) >= 11 is 3.17. The minimum atomic E-state index is -4.00. The minimum absolute atomic E-state index is 0.221. The number of sulfonamides is 1. The summed E-state index contributed by atoms with van der Waals surface area (Å²) in [5.41, 5.74) is 0. The average molecular weight is 356 g/mol. The van der Waals surface area contributed by atoms with Gasteiger partial charge in [0.05, 0.1) is 0 Å². The molecule has 0 heterocycles. The lowest BCUT2D eigenvalue weighted by Gasteiger charge is -2.21. The Morgan fingerprint density at radius 1 is 1.26 bits per heavy atom. The molecule has 0 bridgehead atoms. The van der Waals surface area contributed by atoms with Gasteiger partial charge in [0.25, 0.3) is 0 Å². The number of hydrogen-bond acceptors (Lipinski definition) is 2. The second-order valence-corrected chi connectivity index (χ2v) is 6.72. The van der Waals surface area contributed by atoms with E-state index in [1.807, 2.05) is 6.92 Å². The number of unbranched alkanes of at least 4 members (excludes halogenated alkanes) is 1. The van der Waals surface area contributed by atoms with Crippen LogP contribution >= 0.6 is 15.9 Å². The Kier molecular flexibility index (Phi) is 6.35. The summed E-state index contributed by atoms with van der Waals surface area (Å²) in [7, 11) is -4.00. The molecule has 0 saturated carbocycles. The highest BCUT2D eigenvalue weighted by atomic mass is 79.9. The van der Waals surface area contributed by atoms with Crippen LogP contribution in [-0.2, 0) is 10.0 Å². The van der Waals surface area contributed by atoms with Crippen molar-refractivity contribution in [2.75, 3.05) is 18.4 Å². The molecule has 0 aliphatic heterocycles. The zero-order valence-corrected chi connectivity index (χ0v) is 13.0. The highest BCUT2D eigenvalue weighted by molar-refractivity contribution is 9.09. The summed E-state index contributed by atoms with van der Waals surface area (Å²) in [4.78, 5) is -0.607. The maximum Gasteiger partial charge on any atom is 0.246 e. The molecule has 0 radical (unpaired) electrons. The lowest BCUT2D eigenvalue weighted by Crippen LogP contribution is -2.34. The number of hydrogen-bond donors (Lipinski definition) is 0. The molecular formula is C12H16BrF2NO2S. The maximum absolute atomic E-state index is 13.6. The molecule has 19 heavy (non-hydrogen) atoms. The van der Waals surface area contributed by atoms with Gasteiger partial charge in [-0.3, -0.25) is 0 Å². The van der Waals surface area contributed by atoms with E-state index in [9.17, 15) is 17.2 Å². The Hall–Kier alpha value is -0.530. The van der Waals surface area contributed by atoms with Crippen molar-refractivity contribution >= 4 is 26.0 Å². The van der Waals surface area contributed by atoms with Gasteiger partial charge in [0.1, 0.15) is 16.5 Å². The van der Waals surface area contributed by atoms with Gasteiger partial charge >= 0.3 is 0 Å². The van der Waals surface area contributed by atoms with Gasteiger partial charge in [-0.2, -0.15) is 4.31 Å². The largest absolute Gasteiger partial charge is 0.246 e. The molecule has 0 atom stereocenters. The lowest BCUT2D eigenvalue weighted by atomic mass is 10.3. The van der Waals surface area contributed by atoms with E-state index >= 15 is 0 Å². The normalized spacial score (nSPS) is 12.1. The Bertz CT molecular complexity index is 522. The summed E-state index contributed by atoms with van der Waals surface area (Å²) in [6.07, 6.45) is 1.49. The van der Waals surface area contributed by atoms with E-state index in [1.54, 1.807) is 0 Å². The second-order valence-electron chi connectivity index (χ2n) is 4.02. The Labute approximate surface area is 120 Å². The predicted octanol–water partition coefficient (Wildman–Crippen LogP) is 3.15. The minimum Gasteiger partial charge on any atom is -0.207 e. The van der Waals surface area contributed by atoms with E-state index in [4.69, 9.17) is 0 Å². The summed E-state index contributed by atoms with van der Waals surface area (Å²) in [5.74, 6) is -1.70. The van der Waals surface area contributed by atoms with E-state index in [-0.39, 0.29) is 6.54 Å². The van der Waals surface area contributed by atoms with E-state index in [0.29, 0.717) is 18.3 Å². The SMILES string of the molecule is CCCCN(CCBr)S(=O)(=O)c1cc(F)ccc1F. The standard InChI is InChI=1S/C12H16BrF2NO2S/c1-2-3-7-16(8-6-13)19(17,18)12-9-10(14)4-5-11(12)15/h4-5,9H,2-3,6-8H2,1H3. The quantitative estimate of drug-likeness (QED) is 0.704. The third-order valence-corrected chi connectivity index (χ3v) is 4.87. The van der Waals surface area contributed by atoms with Crippen LogP contribution < -0.4 is 0 Å². The topological polar surface area (TPSA) is 37.4 Å². The first kappa shape index (κ1) is 16.5. The summed E-state index contributed by atoms with van der Waals surface area (Å²) < 4.78 is 52.5. The molecule has 0 fully saturated rings. The van der Waals surface area contributed by atoms with Gasteiger partial charge in [0.2, 0.25) is 10.0 Å². The van der Waals surface area contributed by atoms with Crippen LogP contribution in [0, 0.1) is 11.6 Å². The van der Waals surface area contributed by atoms with E-state index in [2.05, 4.69) is 15.9 Å². The number of nitrogens with zero attached hydrogens (tertiary/aromatic N) is 1. The first-order valence-corrected chi connectivity index (χ1v) is 8.50. The second kappa shape index (κ2) is 7.31. The van der Waals surface area contributed by atoms with Gasteiger partial charge in [-0.25, -0.2) is 17.2 Å². The van der Waals surface area contributed by atoms with Gasteiger partial charge in [-0.1, -0.05) is 29.3 Å². The van der Waals surface area contributed by atoms with E-state index in [0.717, 1.165) is 24.6 Å². The highest BCUT2D eigenvalue weighted by Gasteiger charge is 2.27. The van der Waals surface area contributed by atoms with Crippen LogP contribution in [0.25, 0.3) is 0 Å². The van der Waals surface area contributed by atoms with Crippen molar-refractivity contribution in [3.05, 3.63) is 29.8 Å². The molecule has 0 spiro atoms. The number of rotatable bonds is 7. The first-order valence-electron chi connectivity index (χ1n) is 5.94. The van der Waals surface area contributed by atoms with E-state index < -0.39 is 26.6 Å². The molecule has 3 nitrogen and oxygen atoms in total. The van der Waals surface area contributed by atoms with Crippen molar-refractivity contribution < 1.29 is 17.2 Å². The smallest absolute Gasteiger partial charge is 0.207 e. The van der Waals surface area contributed by atoms with Crippen molar-refractivity contribution in [1.82, 2.24) is 4.31 Å². The molecule has 0 aliphatic rings. The third kappa shape index (κ3) is 4.22. The summed E-state index contributed by atoms with van der Waals surface area (Å²) in [5, 5.41) is 0.437. The molecular weight excluding hydrogens is 340 g/mol. The highest BCUT2D eigenvalue weighted by Crippen LogP contribution is 2.21. The van der Waals surface area contributed by atoms with Crippen molar-refractivity contribution in [2.45, 2.75) is 24.7 Å². The predicted molar refractivity (Wildman–Crippen MR) is 73.8 cm³/mol. The van der Waals surface area contributed by atoms with Crippen LogP contribution in [0.1, 0.15) is 19.8 Å². The Morgan fingerprint density at radius 3 is 2.53 bits per heavy atom. The third-order valence-electron chi connectivity index (χ3n) is 2.61. The monoisotopic (exact) mass is 355 g/mol. The molecule has 0 amide bonds. The molecule has 1 rings (SSSR count). The van der Waals surface area contributed by atoms with Gasteiger partial charge in [-0.05, 0) is 24.6 Å². The van der Waals surface area contributed by atoms with Gasteiger partial charge in [0.15, 0.2) is 0 Å². The summed E-state index contributed by atoms with van der Waals surface area (Å²) in [6, 6.07) is 2.45. The van der Waals surface area contributed by atoms with Gasteiger partial charge in [-0.15, -0.1) is 0 Å². The van der Waals surface area contributed by atoms with Crippen LogP contribution in [0.3, 0.4) is 0 Å². The fourth-order valence-corrected chi connectivity index (χ4v) is 3.81. The van der Waals surface area contributed by atoms with E-state index in [1.165, 1.54) is 4.31 Å². The number of alkyl halides is 1. The molecule has 1 aromatic rings. The lowest BCUT2D eigenvalue weighted by molar-refractivity contribution is 0.417. The number of benzene rings is 1. The van der Waals surface area contributed by atoms with Crippen molar-refractivity contribution in [3.8, 4) is 0 Å². The summed E-state index contributed by atoms with van der Waals surface area (Å²) in [6.45, 7) is 2.44. The fourth-order valence-electron chi connectivity index (χ4n) is 1.59. The number of halogens is 3. The zero-order valence-electron chi connectivity index (χ0n) is 10.6. The molecule has 108 valence electrons. The molecule has 1 aromatic carbocycles. The molecule has 0 unspecified atom stereocenters. The first-order chi connectivity index (χ1) is 8.93. The molecule has 0 saturated heterocycles. The van der Waals surface area contributed by atoms with Gasteiger partial charge < -0.3 is 0 Å². The van der Waals surface area contributed by atoms with Crippen molar-refractivity contribution in [2.24, 2.45) is 0 Å². The maximum atomic E-state index is 13.6. The Balaban J connectivity index is 3.14. The van der Waals surface area contributed by atoms with Crippen LogP contribution in [0.2, 0.25) is 0 Å². The van der Waals surface area contributed by atoms with Crippen molar-refractivity contribution in [3.63, 3.8) is 0 Å². The van der Waals surface area contributed by atoms with Crippen LogP contribution in [0.15, 0.2) is 23.1 Å². The molecule has 0 aliphatic carbocycles. The van der Waals surface area contributed by atoms with Gasteiger partial charge in [0, 0.05) is 18.4 Å². The average Bonchev–Trinajstić information content (AvgIpc) is 2.37. The van der Waals surface area contributed by atoms with Crippen molar-refractivity contribution in [1.29, 1.82) is 0 Å². The van der Waals surface area contributed by atoms with Crippen LogP contribution in [0.5, 0.6) is 0 Å². The van der Waals surface area contributed by atoms with Crippen LogP contribution in [-0.4, -0.2) is 31.1 Å². The molecule has 0 N–H and O–H groups in total. The zero-order chi connectivity index (χ0) is 14.5. The molecule has 0 aromatic heterocycles.